The molecule has 0 aromatic heterocycles. The van der Waals surface area contributed by atoms with Crippen LogP contribution < -0.4 is 10.2 Å². The highest BCUT2D eigenvalue weighted by atomic mass is 35.5. The number of hydrogen-bond donors (Lipinski definition) is 1. The monoisotopic (exact) mass is 480 g/mol. The number of carbonyl (C=O) groups excluding carboxylic acids is 2. The molecular formula is C26H19Cl2FN2O2. The number of nitrogens with zero attached hydrogens (tertiary/aromatic N) is 1. The van der Waals surface area contributed by atoms with Gasteiger partial charge in [-0.05, 0) is 65.4 Å². The van der Waals surface area contributed by atoms with Gasteiger partial charge in [0.1, 0.15) is 5.82 Å². The molecule has 0 atom stereocenters. The Morgan fingerprint density at radius 2 is 1.58 bits per heavy atom. The fourth-order valence-electron chi connectivity index (χ4n) is 3.49. The van der Waals surface area contributed by atoms with Crippen LogP contribution >= 0.6 is 23.2 Å². The summed E-state index contributed by atoms with van der Waals surface area (Å²) in [6.07, 6.45) is 0. The molecule has 0 aliphatic heterocycles. The van der Waals surface area contributed by atoms with Crippen LogP contribution in [0.25, 0.3) is 10.8 Å². The van der Waals surface area contributed by atoms with E-state index in [4.69, 9.17) is 23.2 Å². The van der Waals surface area contributed by atoms with E-state index in [0.29, 0.717) is 16.3 Å². The molecule has 33 heavy (non-hydrogen) atoms. The zero-order chi connectivity index (χ0) is 23.4. The lowest BCUT2D eigenvalue weighted by Gasteiger charge is -2.24. The summed E-state index contributed by atoms with van der Waals surface area (Å²) >= 11 is 12.2. The Morgan fingerprint density at radius 1 is 0.848 bits per heavy atom. The molecule has 166 valence electrons. The summed E-state index contributed by atoms with van der Waals surface area (Å²) in [4.78, 5) is 27.4. The highest BCUT2D eigenvalue weighted by molar-refractivity contribution is 6.37. The summed E-state index contributed by atoms with van der Waals surface area (Å²) in [5, 5.41) is 5.47. The van der Waals surface area contributed by atoms with Crippen LogP contribution in [0.2, 0.25) is 10.0 Å². The van der Waals surface area contributed by atoms with Gasteiger partial charge < -0.3 is 10.2 Å². The van der Waals surface area contributed by atoms with E-state index in [2.05, 4.69) is 5.32 Å². The van der Waals surface area contributed by atoms with Crippen LogP contribution in [0.3, 0.4) is 0 Å². The van der Waals surface area contributed by atoms with E-state index in [-0.39, 0.29) is 35.5 Å². The molecule has 2 amide bonds. The highest BCUT2D eigenvalue weighted by Gasteiger charge is 2.21. The number of anilines is 1. The minimum atomic E-state index is -0.416. The second-order valence-corrected chi connectivity index (χ2v) is 8.22. The van der Waals surface area contributed by atoms with Crippen LogP contribution in [0.5, 0.6) is 0 Å². The average molecular weight is 481 g/mol. The van der Waals surface area contributed by atoms with Crippen molar-refractivity contribution >= 4 is 51.5 Å². The topological polar surface area (TPSA) is 49.4 Å². The molecule has 4 aromatic carbocycles. The predicted molar refractivity (Wildman–Crippen MR) is 131 cm³/mol. The molecule has 0 fully saturated rings. The Bertz CT molecular complexity index is 1330. The van der Waals surface area contributed by atoms with Gasteiger partial charge in [-0.1, -0.05) is 53.5 Å². The molecule has 0 heterocycles. The van der Waals surface area contributed by atoms with Gasteiger partial charge in [-0.3, -0.25) is 9.59 Å². The van der Waals surface area contributed by atoms with Crippen molar-refractivity contribution in [2.24, 2.45) is 0 Å². The van der Waals surface area contributed by atoms with Gasteiger partial charge in [0.05, 0.1) is 10.6 Å². The van der Waals surface area contributed by atoms with Gasteiger partial charge in [-0.25, -0.2) is 4.39 Å². The molecule has 4 nitrogen and oxygen atoms in total. The average Bonchev–Trinajstić information content (AvgIpc) is 2.82. The smallest absolute Gasteiger partial charge is 0.259 e. The maximum atomic E-state index is 13.4. The summed E-state index contributed by atoms with van der Waals surface area (Å²) in [6.45, 7) is 0.336. The van der Waals surface area contributed by atoms with Crippen molar-refractivity contribution in [3.63, 3.8) is 0 Å². The van der Waals surface area contributed by atoms with Gasteiger partial charge in [0.2, 0.25) is 0 Å². The molecule has 4 aromatic rings. The molecule has 0 bridgehead atoms. The van der Waals surface area contributed by atoms with Crippen LogP contribution in [0.1, 0.15) is 20.7 Å². The third kappa shape index (κ3) is 5.33. The maximum Gasteiger partial charge on any atom is 0.259 e. The van der Waals surface area contributed by atoms with E-state index in [9.17, 15) is 14.0 Å². The van der Waals surface area contributed by atoms with Gasteiger partial charge >= 0.3 is 0 Å². The first kappa shape index (κ1) is 22.8. The Hall–Kier alpha value is -3.41. The normalized spacial score (nSPS) is 10.8. The van der Waals surface area contributed by atoms with Crippen LogP contribution in [0.15, 0.2) is 84.9 Å². The Morgan fingerprint density at radius 3 is 2.30 bits per heavy atom. The molecule has 0 radical (unpaired) electrons. The van der Waals surface area contributed by atoms with Crippen LogP contribution in [0, 0.1) is 5.82 Å². The number of nitrogens with one attached hydrogen (secondary N) is 1. The van der Waals surface area contributed by atoms with Crippen molar-refractivity contribution in [3.8, 4) is 0 Å². The summed E-state index contributed by atoms with van der Waals surface area (Å²) < 4.78 is 13.4. The zero-order valence-electron chi connectivity index (χ0n) is 17.4. The van der Waals surface area contributed by atoms with Crippen molar-refractivity contribution in [1.82, 2.24) is 5.32 Å². The number of rotatable bonds is 6. The van der Waals surface area contributed by atoms with Crippen LogP contribution in [-0.4, -0.2) is 24.9 Å². The predicted octanol–water partition coefficient (Wildman–Crippen LogP) is 6.36. The molecule has 0 aliphatic carbocycles. The molecule has 0 unspecified atom stereocenters. The summed E-state index contributed by atoms with van der Waals surface area (Å²) in [7, 11) is 0. The van der Waals surface area contributed by atoms with Gasteiger partial charge in [-0.2, -0.15) is 0 Å². The lowest BCUT2D eigenvalue weighted by molar-refractivity contribution is 0.0943. The number of hydrogen-bond acceptors (Lipinski definition) is 2. The molecule has 0 spiro atoms. The number of fused-ring (bicyclic) bond motifs is 1. The standard InChI is InChI=1S/C26H19Cl2FN2O2/c27-20-7-12-23(24(28)16-20)26(33)31(22-10-8-21(29)9-11-22)14-13-30-25(32)19-6-5-17-3-1-2-4-18(17)15-19/h1-12,15-16H,13-14H2,(H,30,32). The van der Waals surface area contributed by atoms with E-state index in [1.165, 1.54) is 41.3 Å². The lowest BCUT2D eigenvalue weighted by atomic mass is 10.1. The molecule has 4 rings (SSSR count). The SMILES string of the molecule is O=C(NCCN(C(=O)c1ccc(Cl)cc1Cl)c1ccc(F)cc1)c1ccc2ccccc2c1. The minimum Gasteiger partial charge on any atom is -0.350 e. The van der Waals surface area contributed by atoms with Crippen molar-refractivity contribution in [3.05, 3.63) is 112 Å². The van der Waals surface area contributed by atoms with Gasteiger partial charge in [-0.15, -0.1) is 0 Å². The molecule has 1 N–H and O–H groups in total. The Balaban J connectivity index is 1.51. The second kappa shape index (κ2) is 10.0. The largest absolute Gasteiger partial charge is 0.350 e. The van der Waals surface area contributed by atoms with Gasteiger partial charge in [0.15, 0.2) is 0 Å². The molecule has 0 saturated heterocycles. The number of amides is 2. The van der Waals surface area contributed by atoms with E-state index in [1.807, 2.05) is 36.4 Å². The third-order valence-corrected chi connectivity index (χ3v) is 5.73. The first-order chi connectivity index (χ1) is 15.9. The fourth-order valence-corrected chi connectivity index (χ4v) is 3.98. The Kier molecular flexibility index (Phi) is 6.92. The molecule has 0 aliphatic rings. The fraction of sp³-hybridized carbons (Fsp3) is 0.0769. The summed E-state index contributed by atoms with van der Waals surface area (Å²) in [5.74, 6) is -1.06. The van der Waals surface area contributed by atoms with Gasteiger partial charge in [0.25, 0.3) is 11.8 Å². The summed E-state index contributed by atoms with van der Waals surface area (Å²) in [5.41, 5.74) is 1.26. The number of carbonyl (C=O) groups is 2. The van der Waals surface area contributed by atoms with E-state index < -0.39 is 5.82 Å². The van der Waals surface area contributed by atoms with Crippen molar-refractivity contribution in [2.45, 2.75) is 0 Å². The van der Waals surface area contributed by atoms with E-state index >= 15 is 0 Å². The van der Waals surface area contributed by atoms with Crippen LogP contribution in [0.4, 0.5) is 10.1 Å². The van der Waals surface area contributed by atoms with E-state index in [0.717, 1.165) is 10.8 Å². The number of benzene rings is 4. The first-order valence-corrected chi connectivity index (χ1v) is 11.0. The van der Waals surface area contributed by atoms with E-state index in [1.54, 1.807) is 12.1 Å². The zero-order valence-corrected chi connectivity index (χ0v) is 18.9. The molecular weight excluding hydrogens is 462 g/mol. The highest BCUT2D eigenvalue weighted by Crippen LogP contribution is 2.25. The quantitative estimate of drug-likeness (QED) is 0.348. The van der Waals surface area contributed by atoms with Crippen molar-refractivity contribution in [1.29, 1.82) is 0 Å². The first-order valence-electron chi connectivity index (χ1n) is 10.2. The maximum absolute atomic E-state index is 13.4. The minimum absolute atomic E-state index is 0.155. The van der Waals surface area contributed by atoms with Crippen LogP contribution in [-0.2, 0) is 0 Å². The second-order valence-electron chi connectivity index (χ2n) is 7.38. The van der Waals surface area contributed by atoms with Crippen molar-refractivity contribution in [2.75, 3.05) is 18.0 Å². The van der Waals surface area contributed by atoms with Crippen molar-refractivity contribution < 1.29 is 14.0 Å². The lowest BCUT2D eigenvalue weighted by Crippen LogP contribution is -2.39. The van der Waals surface area contributed by atoms with Gasteiger partial charge in [0, 0.05) is 29.4 Å². The number of halogens is 3. The Labute approximate surface area is 200 Å². The molecule has 0 saturated carbocycles. The molecule has 7 heteroatoms. The summed E-state index contributed by atoms with van der Waals surface area (Å²) in [6, 6.07) is 23.4. The third-order valence-electron chi connectivity index (χ3n) is 5.18.